The van der Waals surface area contributed by atoms with Gasteiger partial charge in [-0.25, -0.2) is 4.79 Å². The molecule has 0 bridgehead atoms. The standard InChI is InChI=1S/C27H30N2O11.ClH/c1-40-27(39)21(9-15-3-5-17(11-23(32)33)19(7-15)13-25(36)37)29-26(38)20(28)8-14-2-4-16(10-22(30)31)18(6-14)12-24(34)35;/h2-7,20-21H,8-13,28H2,1H3,(H,29,38)(H,30,31)(H,32,33)(H,34,35)(H,36,37);1H. The molecule has 41 heavy (non-hydrogen) atoms. The fourth-order valence-electron chi connectivity index (χ4n) is 4.18. The molecule has 0 aliphatic rings. The number of hydrogen-bond donors (Lipinski definition) is 6. The van der Waals surface area contributed by atoms with Crippen LogP contribution in [0.15, 0.2) is 36.4 Å². The van der Waals surface area contributed by atoms with Crippen LogP contribution in [0.2, 0.25) is 0 Å². The van der Waals surface area contributed by atoms with Crippen molar-refractivity contribution in [2.45, 2.75) is 50.6 Å². The largest absolute Gasteiger partial charge is 1.00 e. The molecule has 222 valence electrons. The molecule has 0 spiro atoms. The quantitative estimate of drug-likeness (QED) is 0.110. The minimum absolute atomic E-state index is 0. The van der Waals surface area contributed by atoms with Crippen LogP contribution in [-0.2, 0) is 72.0 Å². The number of aliphatic carboxylic acids is 4. The molecule has 2 rings (SSSR count). The molecule has 0 aliphatic heterocycles. The van der Waals surface area contributed by atoms with Crippen molar-refractivity contribution in [3.05, 3.63) is 69.8 Å². The molecule has 2 aromatic rings. The lowest BCUT2D eigenvalue weighted by atomic mass is 9.95. The SMILES string of the molecule is COC(=O)C(Cc1ccc(CC(=O)O)c(CC(=O)O)c1)NC(=O)C([NH3+])Cc1ccc(CC(=O)O)c(CC(=O)O)c1.[Cl-]. The number of amides is 1. The number of carbonyl (C=O) groups excluding carboxylic acids is 2. The van der Waals surface area contributed by atoms with Gasteiger partial charge in [-0.05, 0) is 33.4 Å². The summed E-state index contributed by atoms with van der Waals surface area (Å²) in [5.74, 6) is -5.93. The second-order valence-corrected chi connectivity index (χ2v) is 9.18. The topological polar surface area (TPSA) is 232 Å². The van der Waals surface area contributed by atoms with Gasteiger partial charge in [-0.1, -0.05) is 36.4 Å². The average Bonchev–Trinajstić information content (AvgIpc) is 2.85. The van der Waals surface area contributed by atoms with E-state index >= 15 is 0 Å². The van der Waals surface area contributed by atoms with Gasteiger partial charge in [-0.2, -0.15) is 0 Å². The Morgan fingerprint density at radius 1 is 0.707 bits per heavy atom. The van der Waals surface area contributed by atoms with Gasteiger partial charge in [0.05, 0.1) is 32.8 Å². The Bertz CT molecular complexity index is 1310. The molecular formula is C27H31ClN2O11. The van der Waals surface area contributed by atoms with Crippen LogP contribution in [0.3, 0.4) is 0 Å². The van der Waals surface area contributed by atoms with Crippen molar-refractivity contribution >= 4 is 35.8 Å². The summed E-state index contributed by atoms with van der Waals surface area (Å²) < 4.78 is 4.80. The van der Waals surface area contributed by atoms with Gasteiger partial charge >= 0.3 is 29.8 Å². The summed E-state index contributed by atoms with van der Waals surface area (Å²) in [6, 6.07) is 6.97. The third kappa shape index (κ3) is 11.3. The molecule has 0 aliphatic carbocycles. The molecule has 14 heteroatoms. The number of nitrogens with one attached hydrogen (secondary N) is 1. The van der Waals surface area contributed by atoms with Crippen LogP contribution in [0.25, 0.3) is 0 Å². The Hall–Kier alpha value is -4.49. The van der Waals surface area contributed by atoms with E-state index in [1.807, 2.05) is 0 Å². The van der Waals surface area contributed by atoms with Gasteiger partial charge in [-0.3, -0.25) is 24.0 Å². The number of methoxy groups -OCH3 is 1. The minimum Gasteiger partial charge on any atom is -1.00 e. The van der Waals surface area contributed by atoms with Crippen molar-refractivity contribution in [2.24, 2.45) is 0 Å². The molecule has 0 radical (unpaired) electrons. The first-order valence-electron chi connectivity index (χ1n) is 12.1. The summed E-state index contributed by atoms with van der Waals surface area (Å²) in [7, 11) is 1.14. The lowest BCUT2D eigenvalue weighted by Gasteiger charge is -2.19. The van der Waals surface area contributed by atoms with E-state index in [4.69, 9.17) is 14.9 Å². The van der Waals surface area contributed by atoms with E-state index in [1.54, 1.807) is 6.07 Å². The molecule has 8 N–H and O–H groups in total. The number of ether oxygens (including phenoxy) is 1. The monoisotopic (exact) mass is 594 g/mol. The highest BCUT2D eigenvalue weighted by atomic mass is 35.5. The highest BCUT2D eigenvalue weighted by molar-refractivity contribution is 5.87. The van der Waals surface area contributed by atoms with Crippen molar-refractivity contribution in [3.8, 4) is 0 Å². The first kappa shape index (κ1) is 34.5. The summed E-state index contributed by atoms with van der Waals surface area (Å²) in [6.45, 7) is 0. The van der Waals surface area contributed by atoms with Gasteiger partial charge < -0.3 is 48.6 Å². The van der Waals surface area contributed by atoms with Crippen molar-refractivity contribution < 1.29 is 72.1 Å². The van der Waals surface area contributed by atoms with Gasteiger partial charge in [0.15, 0.2) is 6.04 Å². The molecule has 2 atom stereocenters. The molecule has 1 amide bonds. The van der Waals surface area contributed by atoms with Crippen molar-refractivity contribution in [1.82, 2.24) is 5.32 Å². The molecular weight excluding hydrogens is 564 g/mol. The van der Waals surface area contributed by atoms with Gasteiger partial charge in [0.25, 0.3) is 5.91 Å². The van der Waals surface area contributed by atoms with E-state index in [2.05, 4.69) is 11.1 Å². The Labute approximate surface area is 240 Å². The number of hydrogen-bond acceptors (Lipinski definition) is 7. The zero-order valence-electron chi connectivity index (χ0n) is 22.1. The van der Waals surface area contributed by atoms with Crippen molar-refractivity contribution in [2.75, 3.05) is 7.11 Å². The fourth-order valence-corrected chi connectivity index (χ4v) is 4.18. The van der Waals surface area contributed by atoms with E-state index in [0.717, 1.165) is 7.11 Å². The van der Waals surface area contributed by atoms with Gasteiger partial charge in [0.1, 0.15) is 6.04 Å². The maximum Gasteiger partial charge on any atom is 0.328 e. The molecule has 0 aromatic heterocycles. The highest BCUT2D eigenvalue weighted by Crippen LogP contribution is 2.18. The van der Waals surface area contributed by atoms with Gasteiger partial charge in [-0.15, -0.1) is 0 Å². The van der Waals surface area contributed by atoms with Gasteiger partial charge in [0.2, 0.25) is 0 Å². The Balaban J connectivity index is 0.00000840. The normalized spacial score (nSPS) is 11.9. The third-order valence-electron chi connectivity index (χ3n) is 6.00. The van der Waals surface area contributed by atoms with Gasteiger partial charge in [0, 0.05) is 12.8 Å². The minimum atomic E-state index is -1.16. The van der Waals surface area contributed by atoms with Crippen LogP contribution in [-0.4, -0.2) is 75.4 Å². The number of carbonyl (C=O) groups is 6. The van der Waals surface area contributed by atoms with E-state index in [0.29, 0.717) is 27.8 Å². The lowest BCUT2D eigenvalue weighted by molar-refractivity contribution is -0.403. The number of benzene rings is 2. The molecule has 0 saturated heterocycles. The second kappa shape index (κ2) is 15.9. The fraction of sp³-hybridized carbons (Fsp3) is 0.333. The number of carboxylic acids is 4. The number of esters is 1. The van der Waals surface area contributed by atoms with Crippen LogP contribution >= 0.6 is 0 Å². The Morgan fingerprint density at radius 2 is 1.10 bits per heavy atom. The van der Waals surface area contributed by atoms with Crippen LogP contribution in [0, 0.1) is 0 Å². The third-order valence-corrected chi connectivity index (χ3v) is 6.00. The predicted octanol–water partition coefficient (Wildman–Crippen LogP) is -3.75. The van der Waals surface area contributed by atoms with Crippen LogP contribution in [0.1, 0.15) is 33.4 Å². The summed E-state index contributed by atoms with van der Waals surface area (Å²) in [5.41, 5.74) is 6.06. The van der Waals surface area contributed by atoms with E-state index in [-0.39, 0.29) is 43.7 Å². The molecule has 2 aromatic carbocycles. The second-order valence-electron chi connectivity index (χ2n) is 9.18. The highest BCUT2D eigenvalue weighted by Gasteiger charge is 2.27. The maximum absolute atomic E-state index is 12.9. The lowest BCUT2D eigenvalue weighted by Crippen LogP contribution is -3.00. The average molecular weight is 595 g/mol. The van der Waals surface area contributed by atoms with Crippen LogP contribution in [0.4, 0.5) is 0 Å². The summed E-state index contributed by atoms with van der Waals surface area (Å²) in [6.07, 6.45) is -1.58. The number of quaternary nitrogens is 1. The molecule has 13 nitrogen and oxygen atoms in total. The van der Waals surface area contributed by atoms with Crippen molar-refractivity contribution in [1.29, 1.82) is 0 Å². The molecule has 2 unspecified atom stereocenters. The van der Waals surface area contributed by atoms with E-state index in [1.165, 1.54) is 30.3 Å². The first-order valence-corrected chi connectivity index (χ1v) is 12.1. The van der Waals surface area contributed by atoms with Crippen LogP contribution in [0.5, 0.6) is 0 Å². The molecule has 0 heterocycles. The zero-order chi connectivity index (χ0) is 30.0. The number of carboxylic acid groups (broad SMARTS) is 4. The molecule has 0 fully saturated rings. The Morgan fingerprint density at radius 3 is 1.49 bits per heavy atom. The summed E-state index contributed by atoms with van der Waals surface area (Å²) >= 11 is 0. The van der Waals surface area contributed by atoms with Crippen LogP contribution < -0.4 is 23.5 Å². The first-order chi connectivity index (χ1) is 18.8. The summed E-state index contributed by atoms with van der Waals surface area (Å²) in [4.78, 5) is 70.1. The maximum atomic E-state index is 12.9. The Kier molecular flexibility index (Phi) is 13.4. The predicted molar refractivity (Wildman–Crippen MR) is 136 cm³/mol. The smallest absolute Gasteiger partial charge is 0.328 e. The van der Waals surface area contributed by atoms with E-state index in [9.17, 15) is 39.0 Å². The zero-order valence-corrected chi connectivity index (χ0v) is 22.8. The van der Waals surface area contributed by atoms with Crippen molar-refractivity contribution in [3.63, 3.8) is 0 Å². The number of rotatable bonds is 15. The molecule has 0 saturated carbocycles. The van der Waals surface area contributed by atoms with E-state index < -0.39 is 60.7 Å². The summed E-state index contributed by atoms with van der Waals surface area (Å²) in [5, 5.41) is 39.1. The number of halogens is 1.